The van der Waals surface area contributed by atoms with Crippen LogP contribution in [-0.4, -0.2) is 35.3 Å². The fourth-order valence-electron chi connectivity index (χ4n) is 3.50. The van der Waals surface area contributed by atoms with E-state index in [1.807, 2.05) is 26.8 Å². The molecule has 3 rings (SSSR count). The van der Waals surface area contributed by atoms with Gasteiger partial charge in [0.2, 0.25) is 0 Å². The van der Waals surface area contributed by atoms with Crippen molar-refractivity contribution < 1.29 is 19.3 Å². The minimum atomic E-state index is -0.351. The van der Waals surface area contributed by atoms with Gasteiger partial charge >= 0.3 is 0 Å². The van der Waals surface area contributed by atoms with E-state index in [9.17, 15) is 5.11 Å². The van der Waals surface area contributed by atoms with Crippen LogP contribution in [0.5, 0.6) is 23.0 Å². The molecule has 0 radical (unpaired) electrons. The summed E-state index contributed by atoms with van der Waals surface area (Å²) in [7, 11) is 1.56. The first-order valence-corrected chi connectivity index (χ1v) is 12.0. The van der Waals surface area contributed by atoms with Crippen LogP contribution in [0.2, 0.25) is 0 Å². The highest BCUT2D eigenvalue weighted by atomic mass is 32.2. The van der Waals surface area contributed by atoms with E-state index < -0.39 is 0 Å². The van der Waals surface area contributed by atoms with Crippen LogP contribution in [0.4, 0.5) is 0 Å². The van der Waals surface area contributed by atoms with E-state index in [2.05, 4.69) is 42.4 Å². The normalized spacial score (nSPS) is 14.4. The van der Waals surface area contributed by atoms with E-state index in [1.165, 1.54) is 0 Å². The van der Waals surface area contributed by atoms with Crippen molar-refractivity contribution >= 4 is 18.0 Å². The Morgan fingerprint density at radius 1 is 1.16 bits per heavy atom. The lowest BCUT2D eigenvalue weighted by atomic mass is 10.00. The molecule has 5 nitrogen and oxygen atoms in total. The fraction of sp³-hybridized carbons (Fsp3) is 0.462. The topological polar surface area (TPSA) is 51.2 Å². The molecule has 1 heterocycles. The lowest BCUT2D eigenvalue weighted by Gasteiger charge is -2.30. The molecule has 0 saturated carbocycles. The van der Waals surface area contributed by atoms with Crippen LogP contribution in [0.25, 0.3) is 6.08 Å². The van der Waals surface area contributed by atoms with E-state index in [0.29, 0.717) is 18.3 Å². The molecule has 2 aromatic carbocycles. The van der Waals surface area contributed by atoms with Crippen molar-refractivity contribution in [3.8, 4) is 23.0 Å². The molecule has 0 fully saturated rings. The molecule has 1 N–H and O–H groups in total. The summed E-state index contributed by atoms with van der Waals surface area (Å²) in [6, 6.07) is 9.80. The lowest BCUT2D eigenvalue weighted by Crippen LogP contribution is -2.28. The summed E-state index contributed by atoms with van der Waals surface area (Å²) in [4.78, 5) is 0.972. The number of fused-ring (bicyclic) bond motifs is 1. The Kier molecular flexibility index (Phi) is 8.01. The molecule has 32 heavy (non-hydrogen) atoms. The summed E-state index contributed by atoms with van der Waals surface area (Å²) >= 11 is 1.64. The third-order valence-electron chi connectivity index (χ3n) is 5.17. The number of rotatable bonds is 10. The standard InChI is InChI=1S/C26H35NO4S/c1-7-30-24-15-19(14-20-10-12-26(4,5)31-25(20)24)17-27(13-11-18(2)3)32-21-8-9-23(29-6)22(28)16-21/h8-10,12,14-16,18,28H,7,11,13,17H2,1-6H3. The molecule has 0 bridgehead atoms. The number of benzene rings is 2. The molecule has 174 valence electrons. The second-order valence-electron chi connectivity index (χ2n) is 8.96. The van der Waals surface area contributed by atoms with Crippen molar-refractivity contribution in [3.05, 3.63) is 47.5 Å². The van der Waals surface area contributed by atoms with Crippen molar-refractivity contribution in [2.24, 2.45) is 5.92 Å². The van der Waals surface area contributed by atoms with Crippen LogP contribution >= 0.6 is 11.9 Å². The zero-order valence-electron chi connectivity index (χ0n) is 20.0. The molecule has 0 spiro atoms. The van der Waals surface area contributed by atoms with Crippen molar-refractivity contribution in [3.63, 3.8) is 0 Å². The molecule has 1 aliphatic rings. The highest BCUT2D eigenvalue weighted by Crippen LogP contribution is 2.41. The zero-order valence-corrected chi connectivity index (χ0v) is 20.8. The van der Waals surface area contributed by atoms with Crippen molar-refractivity contribution in [1.29, 1.82) is 0 Å². The number of phenols is 1. The Labute approximate surface area is 196 Å². The zero-order chi connectivity index (χ0) is 23.3. The van der Waals surface area contributed by atoms with Crippen LogP contribution < -0.4 is 14.2 Å². The van der Waals surface area contributed by atoms with Crippen molar-refractivity contribution in [1.82, 2.24) is 4.31 Å². The fourth-order valence-corrected chi connectivity index (χ4v) is 4.50. The number of nitrogens with zero attached hydrogens (tertiary/aromatic N) is 1. The van der Waals surface area contributed by atoms with E-state index in [-0.39, 0.29) is 11.4 Å². The highest BCUT2D eigenvalue weighted by Gasteiger charge is 2.25. The first-order valence-electron chi connectivity index (χ1n) is 11.2. The lowest BCUT2D eigenvalue weighted by molar-refractivity contribution is 0.150. The van der Waals surface area contributed by atoms with Gasteiger partial charge in [0.05, 0.1) is 13.7 Å². The molecule has 0 atom stereocenters. The summed E-state index contributed by atoms with van der Waals surface area (Å²) in [5.41, 5.74) is 1.85. The summed E-state index contributed by atoms with van der Waals surface area (Å²) in [6.07, 6.45) is 5.29. The Morgan fingerprint density at radius 2 is 1.94 bits per heavy atom. The predicted octanol–water partition coefficient (Wildman–Crippen LogP) is 6.54. The minimum absolute atomic E-state index is 0.152. The third-order valence-corrected chi connectivity index (χ3v) is 6.21. The first-order chi connectivity index (χ1) is 15.2. The van der Waals surface area contributed by atoms with E-state index in [0.717, 1.165) is 47.0 Å². The smallest absolute Gasteiger partial charge is 0.169 e. The van der Waals surface area contributed by atoms with Gasteiger partial charge in [0.25, 0.3) is 0 Å². The largest absolute Gasteiger partial charge is 0.504 e. The number of methoxy groups -OCH3 is 1. The van der Waals surface area contributed by atoms with Crippen LogP contribution in [0, 0.1) is 5.92 Å². The Bertz CT molecular complexity index is 955. The second-order valence-corrected chi connectivity index (χ2v) is 10.1. The Balaban J connectivity index is 1.86. The molecular weight excluding hydrogens is 422 g/mol. The number of hydrogen-bond donors (Lipinski definition) is 1. The first kappa shape index (κ1) is 24.3. The molecule has 0 saturated heterocycles. The molecule has 6 heteroatoms. The number of aromatic hydroxyl groups is 1. The molecule has 0 amide bonds. The maximum atomic E-state index is 10.2. The average Bonchev–Trinajstić information content (AvgIpc) is 2.72. The molecule has 0 aliphatic carbocycles. The summed E-state index contributed by atoms with van der Waals surface area (Å²) in [5, 5.41) is 10.2. The SMILES string of the molecule is CCOc1cc(CN(CCC(C)C)Sc2ccc(OC)c(O)c2)cc2c1OC(C)(C)C=C2. The quantitative estimate of drug-likeness (QED) is 0.409. The minimum Gasteiger partial charge on any atom is -0.504 e. The van der Waals surface area contributed by atoms with Crippen LogP contribution in [0.1, 0.15) is 52.2 Å². The molecule has 0 unspecified atom stereocenters. The molecular formula is C26H35NO4S. The molecule has 0 aromatic heterocycles. The Morgan fingerprint density at radius 3 is 2.59 bits per heavy atom. The number of phenolic OH excluding ortho intramolecular Hbond substituents is 1. The number of ether oxygens (including phenoxy) is 3. The van der Waals surface area contributed by atoms with Gasteiger partial charge in [0.1, 0.15) is 5.60 Å². The highest BCUT2D eigenvalue weighted by molar-refractivity contribution is 7.97. The van der Waals surface area contributed by atoms with Gasteiger partial charge in [0, 0.05) is 23.5 Å². The van der Waals surface area contributed by atoms with Gasteiger partial charge in [-0.05, 0) is 87.0 Å². The number of hydrogen-bond acceptors (Lipinski definition) is 6. The monoisotopic (exact) mass is 457 g/mol. The van der Waals surface area contributed by atoms with Crippen LogP contribution in [-0.2, 0) is 6.54 Å². The van der Waals surface area contributed by atoms with Gasteiger partial charge in [-0.2, -0.15) is 0 Å². The maximum Gasteiger partial charge on any atom is 0.169 e. The van der Waals surface area contributed by atoms with E-state index in [1.54, 1.807) is 31.2 Å². The van der Waals surface area contributed by atoms with Gasteiger partial charge in [-0.25, -0.2) is 4.31 Å². The van der Waals surface area contributed by atoms with Gasteiger partial charge in [-0.3, -0.25) is 0 Å². The molecule has 1 aliphatic heterocycles. The Hall–Kier alpha value is -2.31. The molecule has 2 aromatic rings. The summed E-state index contributed by atoms with van der Waals surface area (Å²) in [5.74, 6) is 2.83. The summed E-state index contributed by atoms with van der Waals surface area (Å²) < 4.78 is 19.7. The van der Waals surface area contributed by atoms with Gasteiger partial charge in [-0.1, -0.05) is 19.9 Å². The average molecular weight is 458 g/mol. The van der Waals surface area contributed by atoms with Crippen LogP contribution in [0.3, 0.4) is 0 Å². The van der Waals surface area contributed by atoms with E-state index in [4.69, 9.17) is 14.2 Å². The maximum absolute atomic E-state index is 10.2. The van der Waals surface area contributed by atoms with E-state index >= 15 is 0 Å². The van der Waals surface area contributed by atoms with Gasteiger partial charge in [0.15, 0.2) is 23.0 Å². The van der Waals surface area contributed by atoms with Crippen LogP contribution in [0.15, 0.2) is 41.3 Å². The predicted molar refractivity (Wildman–Crippen MR) is 132 cm³/mol. The third kappa shape index (κ3) is 6.36. The van der Waals surface area contributed by atoms with Crippen molar-refractivity contribution in [2.75, 3.05) is 20.3 Å². The summed E-state index contributed by atoms with van der Waals surface area (Å²) in [6.45, 7) is 12.8. The van der Waals surface area contributed by atoms with Crippen molar-refractivity contribution in [2.45, 2.75) is 58.1 Å². The second kappa shape index (κ2) is 10.5. The van der Waals surface area contributed by atoms with Gasteiger partial charge < -0.3 is 19.3 Å². The van der Waals surface area contributed by atoms with Gasteiger partial charge in [-0.15, -0.1) is 0 Å².